The summed E-state index contributed by atoms with van der Waals surface area (Å²) >= 11 is 36.9. The van der Waals surface area contributed by atoms with E-state index in [1.807, 2.05) is 11.8 Å². The second-order valence-corrected chi connectivity index (χ2v) is 17.5. The van der Waals surface area contributed by atoms with Crippen LogP contribution in [0.5, 0.6) is 11.5 Å². The minimum Gasteiger partial charge on any atom is -0.496 e. The summed E-state index contributed by atoms with van der Waals surface area (Å²) in [6.07, 6.45) is 3.60. The van der Waals surface area contributed by atoms with Gasteiger partial charge in [0.2, 0.25) is 0 Å². The van der Waals surface area contributed by atoms with E-state index in [0.717, 1.165) is 30.8 Å². The minimum absolute atomic E-state index is 0.128. The summed E-state index contributed by atoms with van der Waals surface area (Å²) in [4.78, 5) is 66.7. The standard InChI is InChI=1S/C25H21Cl3N4O3.C24H20Cl3N3O3/c1-35-22-11-16(27)10-19(25(34)31-23-6-4-15(26)13-30-23)18(22)12-21(33)17-5-3-14(9-20(17)28)24(29)32-7-2-8-32;1-13(28-2)14-4-6-17(20(27)8-14)21(31)11-18-19(9-16(26)10-22(18)33-3)24(32)30-23-7-5-15(25)12-29-23/h3-6,9-11,13,29H,2,7-8,12H2,1H3,(H,30,31,34);4-10,12H,11H2,1-3H3,(H,29,30,32). The van der Waals surface area contributed by atoms with E-state index in [1.165, 1.54) is 38.7 Å². The third kappa shape index (κ3) is 12.7. The van der Waals surface area contributed by atoms with Crippen molar-refractivity contribution in [3.63, 3.8) is 0 Å². The van der Waals surface area contributed by atoms with Crippen LogP contribution in [0.4, 0.5) is 11.6 Å². The Morgan fingerprint density at radius 1 is 0.618 bits per heavy atom. The zero-order valence-electron chi connectivity index (χ0n) is 36.8. The Labute approximate surface area is 422 Å². The molecule has 0 spiro atoms. The number of carbonyl (C=O) groups excluding carboxylic acids is 4. The molecule has 1 saturated heterocycles. The molecule has 0 radical (unpaired) electrons. The molecule has 0 bridgehead atoms. The van der Waals surface area contributed by atoms with Gasteiger partial charge < -0.3 is 25.0 Å². The number of aromatic nitrogens is 2. The first-order valence-electron chi connectivity index (χ1n) is 20.5. The van der Waals surface area contributed by atoms with E-state index < -0.39 is 11.8 Å². The molecule has 1 fully saturated rings. The van der Waals surface area contributed by atoms with E-state index in [0.29, 0.717) is 66.3 Å². The number of nitrogens with one attached hydrogen (secondary N) is 3. The van der Waals surface area contributed by atoms with E-state index in [2.05, 4.69) is 25.6 Å². The van der Waals surface area contributed by atoms with Crippen LogP contribution in [-0.4, -0.2) is 84.2 Å². The van der Waals surface area contributed by atoms with Crippen molar-refractivity contribution in [2.75, 3.05) is 45.0 Å². The van der Waals surface area contributed by atoms with Crippen molar-refractivity contribution in [2.24, 2.45) is 4.99 Å². The van der Waals surface area contributed by atoms with Crippen molar-refractivity contribution in [2.45, 2.75) is 26.2 Å². The lowest BCUT2D eigenvalue weighted by Crippen LogP contribution is -2.42. The van der Waals surface area contributed by atoms with Crippen LogP contribution in [0.1, 0.15) is 77.0 Å². The Morgan fingerprint density at radius 2 is 1.06 bits per heavy atom. The number of anilines is 2. The highest BCUT2D eigenvalue weighted by molar-refractivity contribution is 6.35. The van der Waals surface area contributed by atoms with Crippen molar-refractivity contribution in [3.8, 4) is 11.5 Å². The number of methoxy groups -OCH3 is 2. The number of nitrogens with zero attached hydrogens (tertiary/aromatic N) is 4. The summed E-state index contributed by atoms with van der Waals surface area (Å²) in [5.74, 6) is -0.0118. The first-order valence-corrected chi connectivity index (χ1v) is 22.8. The molecule has 350 valence electrons. The van der Waals surface area contributed by atoms with Crippen LogP contribution in [0, 0.1) is 5.41 Å². The lowest BCUT2D eigenvalue weighted by atomic mass is 9.96. The number of amides is 2. The largest absolute Gasteiger partial charge is 0.496 e. The molecule has 3 heterocycles. The number of hydrogen-bond donors (Lipinski definition) is 3. The van der Waals surface area contributed by atoms with Crippen LogP contribution in [0.3, 0.4) is 0 Å². The number of ketones is 2. The molecule has 19 heteroatoms. The smallest absolute Gasteiger partial charge is 0.257 e. The lowest BCUT2D eigenvalue weighted by Gasteiger charge is -2.33. The molecule has 2 amide bonds. The molecule has 13 nitrogen and oxygen atoms in total. The van der Waals surface area contributed by atoms with Crippen LogP contribution in [0.2, 0.25) is 30.1 Å². The molecule has 0 aliphatic carbocycles. The van der Waals surface area contributed by atoms with Gasteiger partial charge in [-0.05, 0) is 91.7 Å². The molecule has 0 unspecified atom stereocenters. The van der Waals surface area contributed by atoms with Crippen LogP contribution in [0.25, 0.3) is 0 Å². The Kier molecular flexibility index (Phi) is 17.6. The van der Waals surface area contributed by atoms with Crippen molar-refractivity contribution < 1.29 is 28.7 Å². The van der Waals surface area contributed by atoms with Gasteiger partial charge in [-0.25, -0.2) is 9.97 Å². The number of aliphatic imine (C=N–C) groups is 1. The molecule has 3 N–H and O–H groups in total. The van der Waals surface area contributed by atoms with Crippen molar-refractivity contribution in [1.82, 2.24) is 14.9 Å². The van der Waals surface area contributed by atoms with Gasteiger partial charge in [-0.3, -0.25) is 29.6 Å². The topological polar surface area (TPSA) is 176 Å². The number of Topliss-reactive ketones (excluding diaryl/α,β-unsaturated/α-hetero) is 2. The Bertz CT molecular complexity index is 2950. The SMILES string of the molecule is CN=C(C)c1ccc(C(=O)Cc2c(OC)cc(Cl)cc2C(=O)Nc2ccc(Cl)cn2)c(Cl)c1.COc1cc(Cl)cc(C(=O)Nc2ccc(Cl)cn2)c1CC(=O)c1ccc(C(=N)N2CCC2)cc1Cl. The fourth-order valence-corrected chi connectivity index (χ4v) is 8.05. The fourth-order valence-electron chi connectivity index (χ4n) is 6.84. The summed E-state index contributed by atoms with van der Waals surface area (Å²) in [6, 6.07) is 22.4. The number of amidine groups is 1. The molecular formula is C49H41Cl6N7O6. The minimum atomic E-state index is -0.507. The van der Waals surface area contributed by atoms with Gasteiger partial charge in [-0.1, -0.05) is 81.7 Å². The number of likely N-dealkylation sites (tertiary alicyclic amines) is 1. The molecule has 1 aliphatic rings. The molecule has 4 aromatic carbocycles. The second-order valence-electron chi connectivity index (χ2n) is 15.0. The number of benzene rings is 4. The van der Waals surface area contributed by atoms with Crippen LogP contribution in [0.15, 0.2) is 102 Å². The number of halogens is 6. The Morgan fingerprint density at radius 3 is 1.43 bits per heavy atom. The maximum atomic E-state index is 13.2. The van der Waals surface area contributed by atoms with E-state index in [9.17, 15) is 19.2 Å². The highest BCUT2D eigenvalue weighted by atomic mass is 35.5. The number of ether oxygens (including phenoxy) is 2. The molecule has 0 atom stereocenters. The van der Waals surface area contributed by atoms with Gasteiger partial charge in [0.1, 0.15) is 29.0 Å². The number of rotatable bonds is 14. The van der Waals surface area contributed by atoms with Crippen molar-refractivity contribution in [1.29, 1.82) is 5.41 Å². The van der Waals surface area contributed by atoms with Gasteiger partial charge in [0.05, 0.1) is 34.3 Å². The fraction of sp³-hybridized carbons (Fsp3) is 0.184. The Hall–Kier alpha value is -6.06. The highest BCUT2D eigenvalue weighted by Gasteiger charge is 2.25. The third-order valence-electron chi connectivity index (χ3n) is 10.6. The third-order valence-corrected chi connectivity index (χ3v) is 12.1. The van der Waals surface area contributed by atoms with Crippen LogP contribution >= 0.6 is 69.6 Å². The monoisotopic (exact) mass is 1030 g/mol. The Balaban J connectivity index is 0.000000224. The van der Waals surface area contributed by atoms with Gasteiger partial charge in [0, 0.05) is 100 Å². The molecular weight excluding hydrogens is 995 g/mol. The van der Waals surface area contributed by atoms with Crippen LogP contribution in [-0.2, 0) is 12.8 Å². The van der Waals surface area contributed by atoms with Crippen molar-refractivity contribution in [3.05, 3.63) is 172 Å². The highest BCUT2D eigenvalue weighted by Crippen LogP contribution is 2.33. The predicted octanol–water partition coefficient (Wildman–Crippen LogP) is 11.9. The van der Waals surface area contributed by atoms with E-state index in [1.54, 1.807) is 79.8 Å². The zero-order chi connectivity index (χ0) is 49.2. The average molecular weight is 1040 g/mol. The summed E-state index contributed by atoms with van der Waals surface area (Å²) in [5.41, 5.74) is 3.97. The number of pyridine rings is 2. The first kappa shape index (κ1) is 51.3. The molecule has 7 rings (SSSR count). The van der Waals surface area contributed by atoms with E-state index >= 15 is 0 Å². The molecule has 1 aliphatic heterocycles. The van der Waals surface area contributed by atoms with Gasteiger partial charge in [-0.2, -0.15) is 0 Å². The predicted molar refractivity (Wildman–Crippen MR) is 271 cm³/mol. The van der Waals surface area contributed by atoms with E-state index in [4.69, 9.17) is 84.5 Å². The van der Waals surface area contributed by atoms with Crippen LogP contribution < -0.4 is 20.1 Å². The number of hydrogen-bond acceptors (Lipinski definition) is 10. The molecule has 2 aromatic heterocycles. The van der Waals surface area contributed by atoms with Crippen molar-refractivity contribution >= 4 is 116 Å². The normalized spacial score (nSPS) is 12.0. The van der Waals surface area contributed by atoms with Gasteiger partial charge in [0.25, 0.3) is 11.8 Å². The summed E-state index contributed by atoms with van der Waals surface area (Å²) in [6.45, 7) is 3.53. The maximum Gasteiger partial charge on any atom is 0.257 e. The maximum absolute atomic E-state index is 13.2. The van der Waals surface area contributed by atoms with E-state index in [-0.39, 0.29) is 56.2 Å². The lowest BCUT2D eigenvalue weighted by molar-refractivity contribution is 0.0979. The summed E-state index contributed by atoms with van der Waals surface area (Å²) in [7, 11) is 4.56. The molecule has 6 aromatic rings. The first-order chi connectivity index (χ1) is 32.5. The van der Waals surface area contributed by atoms with Gasteiger partial charge >= 0.3 is 0 Å². The quantitative estimate of drug-likeness (QED) is 0.0544. The van der Waals surface area contributed by atoms with Gasteiger partial charge in [0.15, 0.2) is 11.6 Å². The summed E-state index contributed by atoms with van der Waals surface area (Å²) < 4.78 is 10.8. The molecule has 0 saturated carbocycles. The van der Waals surface area contributed by atoms with Gasteiger partial charge in [-0.15, -0.1) is 0 Å². The second kappa shape index (κ2) is 23.3. The zero-order valence-corrected chi connectivity index (χ0v) is 41.3. The number of carbonyl (C=O) groups is 4. The molecule has 68 heavy (non-hydrogen) atoms. The average Bonchev–Trinajstić information content (AvgIpc) is 3.30. The summed E-state index contributed by atoms with van der Waals surface area (Å²) in [5, 5.41) is 15.6.